The zero-order valence-corrected chi connectivity index (χ0v) is 26.0. The summed E-state index contributed by atoms with van der Waals surface area (Å²) in [5, 5.41) is 19.5. The lowest BCUT2D eigenvalue weighted by Gasteiger charge is -2.70. The maximum atomic E-state index is 14.5. The third-order valence-electron chi connectivity index (χ3n) is 13.9. The van der Waals surface area contributed by atoms with Crippen LogP contribution >= 0.6 is 0 Å². The van der Waals surface area contributed by atoms with Gasteiger partial charge in [0, 0.05) is 5.92 Å². The fourth-order valence-corrected chi connectivity index (χ4v) is 11.2. The van der Waals surface area contributed by atoms with E-state index in [1.807, 2.05) is 6.08 Å². The van der Waals surface area contributed by atoms with Crippen LogP contribution in [0.5, 0.6) is 0 Å². The minimum absolute atomic E-state index is 0.122. The van der Waals surface area contributed by atoms with Crippen molar-refractivity contribution in [2.75, 3.05) is 0 Å². The normalized spacial score (nSPS) is 48.9. The number of aliphatic carboxylic acids is 1. The van der Waals surface area contributed by atoms with E-state index < -0.39 is 28.9 Å². The van der Waals surface area contributed by atoms with Crippen molar-refractivity contribution < 1.29 is 34.4 Å². The van der Waals surface area contributed by atoms with Gasteiger partial charge >= 0.3 is 11.9 Å². The summed E-state index contributed by atoms with van der Waals surface area (Å²) in [6.45, 7) is 19.2. The largest absolute Gasteiger partial charge is 0.481 e. The van der Waals surface area contributed by atoms with Gasteiger partial charge in [-0.25, -0.2) is 5.26 Å². The van der Waals surface area contributed by atoms with Crippen LogP contribution in [0.3, 0.4) is 0 Å². The van der Waals surface area contributed by atoms with E-state index in [9.17, 15) is 19.5 Å². The van der Waals surface area contributed by atoms with Gasteiger partial charge in [0.2, 0.25) is 0 Å². The Kier molecular flexibility index (Phi) is 7.16. The highest BCUT2D eigenvalue weighted by atomic mass is 17.1. The molecule has 0 aromatic heterocycles. The lowest BCUT2D eigenvalue weighted by atomic mass is 9.33. The molecule has 11 atom stereocenters. The number of esters is 1. The second-order valence-electron chi connectivity index (χ2n) is 15.7. The molecule has 7 nitrogen and oxygen atoms in total. The summed E-state index contributed by atoms with van der Waals surface area (Å²) in [5.74, 6) is -0.754. The number of ether oxygens (including phenoxy) is 1. The Morgan fingerprint density at radius 2 is 1.68 bits per heavy atom. The summed E-state index contributed by atoms with van der Waals surface area (Å²) in [6, 6.07) is 0. The summed E-state index contributed by atoms with van der Waals surface area (Å²) in [5.41, 5.74) is -0.711. The average molecular weight is 571 g/mol. The number of carboxylic acids is 1. The van der Waals surface area contributed by atoms with Gasteiger partial charge in [0.1, 0.15) is 23.7 Å². The Labute approximate surface area is 245 Å². The highest BCUT2D eigenvalue weighted by molar-refractivity contribution is 5.96. The van der Waals surface area contributed by atoms with Gasteiger partial charge in [0.15, 0.2) is 5.78 Å². The second kappa shape index (κ2) is 9.68. The monoisotopic (exact) mass is 570 g/mol. The fourth-order valence-electron chi connectivity index (χ4n) is 11.2. The first-order valence-corrected chi connectivity index (χ1v) is 15.7. The van der Waals surface area contributed by atoms with E-state index in [2.05, 4.69) is 53.0 Å². The zero-order valence-electron chi connectivity index (χ0n) is 26.0. The second-order valence-corrected chi connectivity index (χ2v) is 15.7. The van der Waals surface area contributed by atoms with E-state index in [0.717, 1.165) is 19.3 Å². The molecule has 2 N–H and O–H groups in total. The maximum absolute atomic E-state index is 14.5. The average Bonchev–Trinajstić information content (AvgIpc) is 2.89. The van der Waals surface area contributed by atoms with Crippen molar-refractivity contribution >= 4 is 17.7 Å². The molecule has 0 aromatic rings. The summed E-state index contributed by atoms with van der Waals surface area (Å²) >= 11 is 0. The van der Waals surface area contributed by atoms with Gasteiger partial charge in [-0.15, -0.1) is 0 Å². The van der Waals surface area contributed by atoms with Gasteiger partial charge in [0.05, 0.1) is 0 Å². The van der Waals surface area contributed by atoms with Crippen molar-refractivity contribution in [3.8, 4) is 0 Å². The number of carboxylic acid groups (broad SMARTS) is 1. The van der Waals surface area contributed by atoms with Crippen molar-refractivity contribution in [3.63, 3.8) is 0 Å². The van der Waals surface area contributed by atoms with Crippen LogP contribution in [0.2, 0.25) is 0 Å². The highest BCUT2D eigenvalue weighted by Gasteiger charge is 2.72. The Hall–Kier alpha value is -2.15. The smallest absolute Gasteiger partial charge is 0.313 e. The lowest BCUT2D eigenvalue weighted by molar-refractivity contribution is -0.224. The summed E-state index contributed by atoms with van der Waals surface area (Å²) < 4.78 is 5.75. The van der Waals surface area contributed by atoms with Crippen LogP contribution in [0.1, 0.15) is 106 Å². The Morgan fingerprint density at radius 3 is 2.32 bits per heavy atom. The molecule has 0 aliphatic heterocycles. The molecular weight excluding hydrogens is 520 g/mol. The molecule has 7 heteroatoms. The molecule has 228 valence electrons. The number of rotatable bonds is 5. The van der Waals surface area contributed by atoms with Crippen molar-refractivity contribution in [2.45, 2.75) is 112 Å². The van der Waals surface area contributed by atoms with Gasteiger partial charge in [0.25, 0.3) is 0 Å². The predicted molar refractivity (Wildman–Crippen MR) is 154 cm³/mol. The van der Waals surface area contributed by atoms with Gasteiger partial charge < -0.3 is 14.7 Å². The van der Waals surface area contributed by atoms with Crippen LogP contribution in [0.4, 0.5) is 0 Å². The topological polar surface area (TPSA) is 110 Å². The van der Waals surface area contributed by atoms with E-state index in [1.165, 1.54) is 18.4 Å². The number of hydrogen-bond acceptors (Lipinski definition) is 6. The van der Waals surface area contributed by atoms with E-state index >= 15 is 0 Å². The molecule has 0 amide bonds. The number of ketones is 1. The molecule has 0 aromatic carbocycles. The van der Waals surface area contributed by atoms with Gasteiger partial charge in [-0.05, 0) is 110 Å². The lowest BCUT2D eigenvalue weighted by Crippen LogP contribution is -2.68. The quantitative estimate of drug-likeness (QED) is 0.155. The molecule has 4 saturated carbocycles. The molecule has 0 spiro atoms. The molecule has 4 unspecified atom stereocenters. The first kappa shape index (κ1) is 30.3. The molecule has 5 rings (SSSR count). The first-order chi connectivity index (χ1) is 19.0. The third-order valence-corrected chi connectivity index (χ3v) is 13.9. The van der Waals surface area contributed by atoms with E-state index in [4.69, 9.17) is 9.99 Å². The van der Waals surface area contributed by atoms with Crippen LogP contribution < -0.4 is 0 Å². The molecule has 0 saturated heterocycles. The minimum Gasteiger partial charge on any atom is -0.481 e. The number of fused-ring (bicyclic) bond motifs is 7. The van der Waals surface area contributed by atoms with E-state index in [-0.39, 0.29) is 46.0 Å². The summed E-state index contributed by atoms with van der Waals surface area (Å²) in [6.07, 6.45) is 7.89. The molecule has 0 radical (unpaired) electrons. The highest BCUT2D eigenvalue weighted by Crippen LogP contribution is 2.75. The Bertz CT molecular complexity index is 1190. The van der Waals surface area contributed by atoms with Gasteiger partial charge in [-0.2, -0.15) is 0 Å². The molecular formula is C34H50O7. The number of carbonyl (C=O) groups excluding carboxylic acids is 2. The van der Waals surface area contributed by atoms with Crippen molar-refractivity contribution in [2.24, 2.45) is 56.7 Å². The van der Waals surface area contributed by atoms with Crippen molar-refractivity contribution in [3.05, 3.63) is 24.0 Å². The fraction of sp³-hybridized carbons (Fsp3) is 0.794. The van der Waals surface area contributed by atoms with E-state index in [0.29, 0.717) is 37.0 Å². The van der Waals surface area contributed by atoms with Crippen LogP contribution in [0, 0.1) is 56.7 Å². The van der Waals surface area contributed by atoms with Crippen LogP contribution in [-0.2, 0) is 24.0 Å². The van der Waals surface area contributed by atoms with Crippen LogP contribution in [-0.4, -0.2) is 34.2 Å². The molecule has 0 heterocycles. The number of hydrogen-bond donors (Lipinski definition) is 2. The first-order valence-electron chi connectivity index (χ1n) is 15.7. The maximum Gasteiger partial charge on any atom is 0.313 e. The summed E-state index contributed by atoms with van der Waals surface area (Å²) in [7, 11) is 0. The SMILES string of the molecule is C=C(CC(=O)OC1CC[C@@]2(C)C(CC[C@]3(C)C2C(=O)C=C2C4[C@@H](C)[C@H](C)CC[C@]4(C)CC[C@]23C)[C@@]1(C)C(=O)O)OO. The van der Waals surface area contributed by atoms with Crippen LogP contribution in [0.15, 0.2) is 24.0 Å². The van der Waals surface area contributed by atoms with Gasteiger partial charge in [-0.3, -0.25) is 14.4 Å². The molecule has 0 bridgehead atoms. The number of carbonyl (C=O) groups is 3. The predicted octanol–water partition coefficient (Wildman–Crippen LogP) is 7.21. The van der Waals surface area contributed by atoms with Gasteiger partial charge in [-0.1, -0.05) is 53.7 Å². The Morgan fingerprint density at radius 1 is 1.00 bits per heavy atom. The van der Waals surface area contributed by atoms with Crippen molar-refractivity contribution in [1.29, 1.82) is 0 Å². The number of allylic oxidation sites excluding steroid dienone is 2. The van der Waals surface area contributed by atoms with E-state index in [1.54, 1.807) is 6.92 Å². The molecule has 41 heavy (non-hydrogen) atoms. The molecule has 5 aliphatic rings. The molecule has 5 aliphatic carbocycles. The molecule has 4 fully saturated rings. The Balaban J connectivity index is 1.54. The third kappa shape index (κ3) is 4.03. The summed E-state index contributed by atoms with van der Waals surface area (Å²) in [4.78, 5) is 44.2. The van der Waals surface area contributed by atoms with Crippen LogP contribution in [0.25, 0.3) is 0 Å². The standard InChI is InChI=1S/C34H50O7/c1-19-9-12-30(4)15-16-32(6)22(27(30)21(19)3)18-23(35)28-31(5)13-11-25(40-26(36)17-20(2)41-39)34(8,29(37)38)24(31)10-14-33(28,32)7/h18-19,21,24-25,27-28,39H,2,9-17H2,1,3-8H3,(H,37,38)/t19-,21+,24?,25?,27?,28?,30-,31+,32-,33-,34-/m1/s1. The van der Waals surface area contributed by atoms with Crippen molar-refractivity contribution in [1.82, 2.24) is 0 Å². The minimum atomic E-state index is -1.35. The zero-order chi connectivity index (χ0) is 30.3.